The molecule has 3 heteroatoms. The third-order valence-electron chi connectivity index (χ3n) is 1.23. The molecule has 52 valence electrons. The Labute approximate surface area is 69.5 Å². The van der Waals surface area contributed by atoms with Gasteiger partial charge >= 0.3 is 0 Å². The van der Waals surface area contributed by atoms with Gasteiger partial charge in [0.15, 0.2) is 0 Å². The first-order chi connectivity index (χ1) is 4.64. The summed E-state index contributed by atoms with van der Waals surface area (Å²) in [5.41, 5.74) is 0.622. The van der Waals surface area contributed by atoms with E-state index in [1.165, 1.54) is 0 Å². The van der Waals surface area contributed by atoms with Crippen LogP contribution in [0.1, 0.15) is 6.42 Å². The van der Waals surface area contributed by atoms with E-state index in [1.54, 1.807) is 18.2 Å². The first-order valence-electron chi connectivity index (χ1n) is 2.81. The van der Waals surface area contributed by atoms with Crippen molar-refractivity contribution in [2.75, 3.05) is 0 Å². The second-order valence-electron chi connectivity index (χ2n) is 2.07. The summed E-state index contributed by atoms with van der Waals surface area (Å²) in [6.07, 6.45) is 5.48. The van der Waals surface area contributed by atoms with Gasteiger partial charge < -0.3 is 0 Å². The number of alkyl halides is 2. The maximum Gasteiger partial charge on any atom is 0.140 e. The minimum absolute atomic E-state index is 0.509. The van der Waals surface area contributed by atoms with Crippen molar-refractivity contribution in [1.29, 1.82) is 5.26 Å². The number of hydrogen-bond donors (Lipinski definition) is 0. The van der Waals surface area contributed by atoms with Crippen molar-refractivity contribution in [1.82, 2.24) is 0 Å². The van der Waals surface area contributed by atoms with Crippen molar-refractivity contribution < 1.29 is 0 Å². The van der Waals surface area contributed by atoms with Gasteiger partial charge in [-0.1, -0.05) is 29.3 Å². The average molecular weight is 174 g/mol. The van der Waals surface area contributed by atoms with E-state index in [0.717, 1.165) is 0 Å². The largest absolute Gasteiger partial charge is 0.192 e. The van der Waals surface area contributed by atoms with E-state index in [9.17, 15) is 0 Å². The molecule has 0 amide bonds. The molecule has 0 aromatic carbocycles. The Morgan fingerprint density at radius 2 is 2.30 bits per heavy atom. The zero-order chi connectivity index (χ0) is 7.61. The fourth-order valence-corrected chi connectivity index (χ4v) is 0.957. The first-order valence-corrected chi connectivity index (χ1v) is 3.57. The third kappa shape index (κ3) is 1.76. The SMILES string of the molecule is N#CC1=CCC(Cl)(Cl)C=C1. The Morgan fingerprint density at radius 3 is 2.70 bits per heavy atom. The minimum Gasteiger partial charge on any atom is -0.192 e. The van der Waals surface area contributed by atoms with E-state index in [2.05, 4.69) is 0 Å². The van der Waals surface area contributed by atoms with Crippen molar-refractivity contribution >= 4 is 23.2 Å². The average Bonchev–Trinajstić information content (AvgIpc) is 1.88. The topological polar surface area (TPSA) is 23.8 Å². The van der Waals surface area contributed by atoms with E-state index in [-0.39, 0.29) is 0 Å². The van der Waals surface area contributed by atoms with Crippen molar-refractivity contribution in [3.63, 3.8) is 0 Å². The molecule has 0 bridgehead atoms. The Morgan fingerprint density at radius 1 is 1.60 bits per heavy atom. The van der Waals surface area contributed by atoms with E-state index >= 15 is 0 Å². The summed E-state index contributed by atoms with van der Waals surface area (Å²) in [6.45, 7) is 0. The van der Waals surface area contributed by atoms with Crippen molar-refractivity contribution in [2.45, 2.75) is 10.8 Å². The zero-order valence-electron chi connectivity index (χ0n) is 5.14. The predicted octanol–water partition coefficient (Wildman–Crippen LogP) is 2.57. The van der Waals surface area contributed by atoms with Gasteiger partial charge in [0.2, 0.25) is 0 Å². The molecule has 0 atom stereocenters. The van der Waals surface area contributed by atoms with Crippen molar-refractivity contribution in [2.24, 2.45) is 0 Å². The van der Waals surface area contributed by atoms with Crippen LogP contribution >= 0.6 is 23.2 Å². The molecule has 0 aromatic rings. The van der Waals surface area contributed by atoms with Crippen molar-refractivity contribution in [3.8, 4) is 6.07 Å². The Bertz CT molecular complexity index is 232. The normalized spacial score (nSPS) is 21.5. The summed E-state index contributed by atoms with van der Waals surface area (Å²) >= 11 is 11.4. The second kappa shape index (κ2) is 2.65. The molecule has 0 saturated carbocycles. The summed E-state index contributed by atoms with van der Waals surface area (Å²) in [4.78, 5) is 0. The van der Waals surface area contributed by atoms with Gasteiger partial charge in [0, 0.05) is 12.0 Å². The Hall–Kier alpha value is -0.450. The first kappa shape index (κ1) is 7.65. The van der Waals surface area contributed by atoms with Gasteiger partial charge in [0.25, 0.3) is 0 Å². The summed E-state index contributed by atoms with van der Waals surface area (Å²) in [5.74, 6) is 0. The number of nitriles is 1. The molecule has 0 fully saturated rings. The molecule has 1 nitrogen and oxygen atoms in total. The molecule has 10 heavy (non-hydrogen) atoms. The third-order valence-corrected chi connectivity index (χ3v) is 1.79. The molecule has 1 aliphatic carbocycles. The fraction of sp³-hybridized carbons (Fsp3) is 0.286. The van der Waals surface area contributed by atoms with E-state index in [4.69, 9.17) is 28.5 Å². The van der Waals surface area contributed by atoms with Crippen LogP contribution < -0.4 is 0 Å². The quantitative estimate of drug-likeness (QED) is 0.517. The Kier molecular flexibility index (Phi) is 2.03. The van der Waals surface area contributed by atoms with Crippen LogP contribution in [0, 0.1) is 11.3 Å². The smallest absolute Gasteiger partial charge is 0.140 e. The van der Waals surface area contributed by atoms with Crippen LogP contribution in [-0.2, 0) is 0 Å². The second-order valence-corrected chi connectivity index (χ2v) is 3.61. The van der Waals surface area contributed by atoms with Crippen LogP contribution in [0.25, 0.3) is 0 Å². The highest BCUT2D eigenvalue weighted by Gasteiger charge is 2.21. The monoisotopic (exact) mass is 173 g/mol. The highest BCUT2D eigenvalue weighted by atomic mass is 35.5. The minimum atomic E-state index is -0.805. The van der Waals surface area contributed by atoms with Gasteiger partial charge in [0.05, 0.1) is 6.07 Å². The van der Waals surface area contributed by atoms with Gasteiger partial charge in [-0.15, -0.1) is 0 Å². The van der Waals surface area contributed by atoms with Gasteiger partial charge in [-0.3, -0.25) is 0 Å². The standard InChI is InChI=1S/C7H5Cl2N/c8-7(9)3-1-6(5-10)2-4-7/h1-3H,4H2. The molecule has 0 aromatic heterocycles. The van der Waals surface area contributed by atoms with E-state index in [1.807, 2.05) is 6.07 Å². The van der Waals surface area contributed by atoms with Gasteiger partial charge in [-0.2, -0.15) is 5.26 Å². The molecule has 0 N–H and O–H groups in total. The van der Waals surface area contributed by atoms with Gasteiger partial charge in [0.1, 0.15) is 4.33 Å². The molecule has 1 aliphatic rings. The van der Waals surface area contributed by atoms with E-state index in [0.29, 0.717) is 12.0 Å². The summed E-state index contributed by atoms with van der Waals surface area (Å²) < 4.78 is -0.805. The Balaban J connectivity index is 2.75. The molecule has 0 radical (unpaired) electrons. The molecule has 0 aliphatic heterocycles. The number of allylic oxidation sites excluding steroid dienone is 4. The van der Waals surface area contributed by atoms with Crippen LogP contribution in [0.2, 0.25) is 0 Å². The van der Waals surface area contributed by atoms with Crippen LogP contribution in [0.4, 0.5) is 0 Å². The summed E-state index contributed by atoms with van der Waals surface area (Å²) in [7, 11) is 0. The fourth-order valence-electron chi connectivity index (χ4n) is 0.677. The van der Waals surface area contributed by atoms with Crippen LogP contribution in [0.5, 0.6) is 0 Å². The molecule has 0 heterocycles. The number of rotatable bonds is 0. The number of nitrogens with zero attached hydrogens (tertiary/aromatic N) is 1. The predicted molar refractivity (Wildman–Crippen MR) is 41.9 cm³/mol. The lowest BCUT2D eigenvalue weighted by Gasteiger charge is -2.14. The number of halogens is 2. The maximum atomic E-state index is 8.41. The lowest BCUT2D eigenvalue weighted by atomic mass is 10.1. The highest BCUT2D eigenvalue weighted by Crippen LogP contribution is 2.31. The maximum absolute atomic E-state index is 8.41. The summed E-state index contributed by atoms with van der Waals surface area (Å²) in [6, 6.07) is 2.00. The molecule has 0 spiro atoms. The lowest BCUT2D eigenvalue weighted by Crippen LogP contribution is -2.09. The molecular formula is C7H5Cl2N. The van der Waals surface area contributed by atoms with Crippen molar-refractivity contribution in [3.05, 3.63) is 23.8 Å². The lowest BCUT2D eigenvalue weighted by molar-refractivity contribution is 0.954. The van der Waals surface area contributed by atoms with Crippen LogP contribution in [0.15, 0.2) is 23.8 Å². The summed E-state index contributed by atoms with van der Waals surface area (Å²) in [5, 5.41) is 8.41. The molecular weight excluding hydrogens is 169 g/mol. The van der Waals surface area contributed by atoms with Gasteiger partial charge in [-0.05, 0) is 12.2 Å². The van der Waals surface area contributed by atoms with Crippen LogP contribution in [0.3, 0.4) is 0 Å². The number of hydrogen-bond acceptors (Lipinski definition) is 1. The zero-order valence-corrected chi connectivity index (χ0v) is 6.65. The molecule has 0 unspecified atom stereocenters. The van der Waals surface area contributed by atoms with Gasteiger partial charge in [-0.25, -0.2) is 0 Å². The molecule has 0 saturated heterocycles. The van der Waals surface area contributed by atoms with Crippen LogP contribution in [-0.4, -0.2) is 4.33 Å². The molecule has 1 rings (SSSR count). The van der Waals surface area contributed by atoms with E-state index < -0.39 is 4.33 Å². The highest BCUT2D eigenvalue weighted by molar-refractivity contribution is 6.50.